The predicted octanol–water partition coefficient (Wildman–Crippen LogP) is 1.19. The third-order valence-electron chi connectivity index (χ3n) is 3.44. The van der Waals surface area contributed by atoms with E-state index in [9.17, 15) is 10.1 Å². The molecule has 0 bridgehead atoms. The van der Waals surface area contributed by atoms with Gasteiger partial charge in [0.1, 0.15) is 12.0 Å². The Kier molecular flexibility index (Phi) is 5.25. The first-order valence-corrected chi connectivity index (χ1v) is 6.78. The summed E-state index contributed by atoms with van der Waals surface area (Å²) in [6.45, 7) is 3.22. The van der Waals surface area contributed by atoms with Crippen molar-refractivity contribution < 1.29 is 9.66 Å². The molecule has 1 aromatic heterocycles. The number of ether oxygens (including phenoxy) is 1. The number of nitrogens with one attached hydrogen (secondary N) is 1. The number of hydrogen-bond acceptors (Lipinski definition) is 6. The number of hydrogen-bond donors (Lipinski definition) is 1. The Morgan fingerprint density at radius 1 is 1.60 bits per heavy atom. The van der Waals surface area contributed by atoms with E-state index in [-0.39, 0.29) is 5.69 Å². The molecule has 0 spiro atoms. The average molecular weight is 280 g/mol. The van der Waals surface area contributed by atoms with Crippen molar-refractivity contribution in [1.29, 1.82) is 0 Å². The molecule has 2 heterocycles. The monoisotopic (exact) mass is 280 g/mol. The maximum atomic E-state index is 10.7. The molecule has 1 saturated heterocycles. The maximum Gasteiger partial charge on any atom is 0.287 e. The SMILES string of the molecule is COCCN(CC1CCCN1)c1ccc([N+](=O)[O-])cn1. The number of nitrogens with zero attached hydrogens (tertiary/aromatic N) is 3. The Labute approximate surface area is 118 Å². The maximum absolute atomic E-state index is 10.7. The summed E-state index contributed by atoms with van der Waals surface area (Å²) in [7, 11) is 1.66. The highest BCUT2D eigenvalue weighted by Gasteiger charge is 2.19. The third kappa shape index (κ3) is 3.88. The summed E-state index contributed by atoms with van der Waals surface area (Å²) < 4.78 is 5.12. The van der Waals surface area contributed by atoms with Crippen LogP contribution in [-0.4, -0.2) is 49.3 Å². The second-order valence-corrected chi connectivity index (χ2v) is 4.86. The Morgan fingerprint density at radius 2 is 2.45 bits per heavy atom. The van der Waals surface area contributed by atoms with Gasteiger partial charge in [0.15, 0.2) is 0 Å². The van der Waals surface area contributed by atoms with Gasteiger partial charge in [0, 0.05) is 32.3 Å². The van der Waals surface area contributed by atoms with Gasteiger partial charge in [-0.3, -0.25) is 10.1 Å². The zero-order valence-corrected chi connectivity index (χ0v) is 11.6. The molecule has 0 radical (unpaired) electrons. The first-order valence-electron chi connectivity index (χ1n) is 6.78. The van der Waals surface area contributed by atoms with E-state index in [0.29, 0.717) is 12.6 Å². The van der Waals surface area contributed by atoms with Crippen LogP contribution in [0, 0.1) is 10.1 Å². The van der Waals surface area contributed by atoms with Crippen LogP contribution in [0.5, 0.6) is 0 Å². The van der Waals surface area contributed by atoms with E-state index in [1.807, 2.05) is 0 Å². The van der Waals surface area contributed by atoms with Crippen molar-refractivity contribution >= 4 is 11.5 Å². The lowest BCUT2D eigenvalue weighted by molar-refractivity contribution is -0.385. The molecule has 20 heavy (non-hydrogen) atoms. The van der Waals surface area contributed by atoms with Gasteiger partial charge < -0.3 is 15.0 Å². The molecule has 7 heteroatoms. The summed E-state index contributed by atoms with van der Waals surface area (Å²) in [5.74, 6) is 0.751. The second kappa shape index (κ2) is 7.16. The van der Waals surface area contributed by atoms with E-state index in [4.69, 9.17) is 4.74 Å². The van der Waals surface area contributed by atoms with Gasteiger partial charge in [-0.2, -0.15) is 0 Å². The summed E-state index contributed by atoms with van der Waals surface area (Å²) in [5, 5.41) is 14.1. The molecule has 2 rings (SSSR count). The summed E-state index contributed by atoms with van der Waals surface area (Å²) >= 11 is 0. The average Bonchev–Trinajstić information content (AvgIpc) is 2.96. The minimum absolute atomic E-state index is 0.0134. The molecule has 1 fully saturated rings. The summed E-state index contributed by atoms with van der Waals surface area (Å²) in [5.41, 5.74) is 0.0134. The summed E-state index contributed by atoms with van der Waals surface area (Å²) in [4.78, 5) is 16.5. The highest BCUT2D eigenvalue weighted by Crippen LogP contribution is 2.17. The topological polar surface area (TPSA) is 80.5 Å². The van der Waals surface area contributed by atoms with Crippen LogP contribution in [0.15, 0.2) is 18.3 Å². The molecular formula is C13H20N4O3. The van der Waals surface area contributed by atoms with Crippen molar-refractivity contribution in [3.8, 4) is 0 Å². The van der Waals surface area contributed by atoms with Crippen LogP contribution in [0.4, 0.5) is 11.5 Å². The quantitative estimate of drug-likeness (QED) is 0.597. The molecule has 1 aliphatic heterocycles. The fourth-order valence-electron chi connectivity index (χ4n) is 2.35. The molecule has 1 aromatic rings. The number of anilines is 1. The van der Waals surface area contributed by atoms with Crippen LogP contribution in [0.2, 0.25) is 0 Å². The molecule has 110 valence electrons. The third-order valence-corrected chi connectivity index (χ3v) is 3.44. The summed E-state index contributed by atoms with van der Waals surface area (Å²) in [6, 6.07) is 3.64. The van der Waals surface area contributed by atoms with Crippen LogP contribution >= 0.6 is 0 Å². The Hall–Kier alpha value is -1.73. The van der Waals surface area contributed by atoms with Gasteiger partial charge in [0.2, 0.25) is 0 Å². The largest absolute Gasteiger partial charge is 0.383 e. The van der Waals surface area contributed by atoms with Crippen LogP contribution in [0.3, 0.4) is 0 Å². The first-order chi connectivity index (χ1) is 9.70. The molecule has 7 nitrogen and oxygen atoms in total. The molecule has 0 aliphatic carbocycles. The van der Waals surface area contributed by atoms with E-state index in [2.05, 4.69) is 15.2 Å². The van der Waals surface area contributed by atoms with Gasteiger partial charge in [0.25, 0.3) is 5.69 Å². The number of nitro groups is 1. The Balaban J connectivity index is 2.05. The highest BCUT2D eigenvalue weighted by molar-refractivity contribution is 5.43. The van der Waals surface area contributed by atoms with Gasteiger partial charge in [-0.1, -0.05) is 0 Å². The van der Waals surface area contributed by atoms with E-state index in [0.717, 1.165) is 31.9 Å². The van der Waals surface area contributed by atoms with E-state index < -0.39 is 4.92 Å². The van der Waals surface area contributed by atoms with Gasteiger partial charge in [0.05, 0.1) is 11.5 Å². The summed E-state index contributed by atoms with van der Waals surface area (Å²) in [6.07, 6.45) is 3.64. The number of aromatic nitrogens is 1. The van der Waals surface area contributed by atoms with E-state index in [1.54, 1.807) is 13.2 Å². The van der Waals surface area contributed by atoms with Gasteiger partial charge in [-0.05, 0) is 25.5 Å². The van der Waals surface area contributed by atoms with Crippen molar-refractivity contribution in [3.63, 3.8) is 0 Å². The van der Waals surface area contributed by atoms with Crippen molar-refractivity contribution in [2.24, 2.45) is 0 Å². The predicted molar refractivity (Wildman–Crippen MR) is 76.0 cm³/mol. The van der Waals surface area contributed by atoms with Crippen LogP contribution < -0.4 is 10.2 Å². The van der Waals surface area contributed by atoms with Crippen LogP contribution in [0.25, 0.3) is 0 Å². The minimum atomic E-state index is -0.436. The number of rotatable bonds is 7. The Bertz CT molecular complexity index is 432. The zero-order chi connectivity index (χ0) is 14.4. The van der Waals surface area contributed by atoms with E-state index >= 15 is 0 Å². The van der Waals surface area contributed by atoms with Crippen molar-refractivity contribution in [2.45, 2.75) is 18.9 Å². The molecule has 0 amide bonds. The van der Waals surface area contributed by atoms with Crippen molar-refractivity contribution in [1.82, 2.24) is 10.3 Å². The van der Waals surface area contributed by atoms with Crippen molar-refractivity contribution in [2.75, 3.05) is 38.3 Å². The molecule has 0 saturated carbocycles. The number of methoxy groups -OCH3 is 1. The zero-order valence-electron chi connectivity index (χ0n) is 11.6. The van der Waals surface area contributed by atoms with Crippen LogP contribution in [0.1, 0.15) is 12.8 Å². The van der Waals surface area contributed by atoms with Crippen molar-refractivity contribution in [3.05, 3.63) is 28.4 Å². The van der Waals surface area contributed by atoms with Crippen LogP contribution in [-0.2, 0) is 4.74 Å². The fourth-order valence-corrected chi connectivity index (χ4v) is 2.35. The lowest BCUT2D eigenvalue weighted by Crippen LogP contribution is -2.39. The molecule has 1 unspecified atom stereocenters. The molecule has 1 aliphatic rings. The smallest absolute Gasteiger partial charge is 0.287 e. The molecule has 0 aromatic carbocycles. The fraction of sp³-hybridized carbons (Fsp3) is 0.615. The minimum Gasteiger partial charge on any atom is -0.383 e. The lowest BCUT2D eigenvalue weighted by atomic mass is 10.2. The normalized spacial score (nSPS) is 18.1. The van der Waals surface area contributed by atoms with Gasteiger partial charge in [-0.25, -0.2) is 4.98 Å². The van der Waals surface area contributed by atoms with Gasteiger partial charge in [-0.15, -0.1) is 0 Å². The number of pyridine rings is 1. The highest BCUT2D eigenvalue weighted by atomic mass is 16.6. The molecule has 1 N–H and O–H groups in total. The molecule has 1 atom stereocenters. The Morgan fingerprint density at radius 3 is 3.00 bits per heavy atom. The second-order valence-electron chi connectivity index (χ2n) is 4.86. The van der Waals surface area contributed by atoms with E-state index in [1.165, 1.54) is 18.7 Å². The lowest BCUT2D eigenvalue weighted by Gasteiger charge is -2.26. The standard InChI is InChI=1S/C13H20N4O3/c1-20-8-7-16(10-11-3-2-6-14-11)13-5-4-12(9-15-13)17(18)19/h4-5,9,11,14H,2-3,6-8,10H2,1H3. The molecular weight excluding hydrogens is 260 g/mol. The van der Waals surface area contributed by atoms with Gasteiger partial charge >= 0.3 is 0 Å². The first kappa shape index (κ1) is 14.7.